The molecule has 0 bridgehead atoms. The van der Waals surface area contributed by atoms with E-state index < -0.39 is 0 Å². The van der Waals surface area contributed by atoms with E-state index in [1.165, 1.54) is 43.2 Å². The maximum atomic E-state index is 6.40. The highest BCUT2D eigenvalue weighted by Crippen LogP contribution is 2.42. The lowest BCUT2D eigenvalue weighted by Gasteiger charge is -2.28. The van der Waals surface area contributed by atoms with Crippen molar-refractivity contribution in [1.29, 1.82) is 0 Å². The van der Waals surface area contributed by atoms with Crippen LogP contribution >= 0.6 is 0 Å². The first-order valence-electron chi connectivity index (χ1n) is 8.09. The van der Waals surface area contributed by atoms with Gasteiger partial charge in [0.25, 0.3) is 0 Å². The molecule has 108 valence electrons. The molecule has 1 unspecified atom stereocenters. The van der Waals surface area contributed by atoms with E-state index in [1.807, 2.05) is 0 Å². The smallest absolute Gasteiger partial charge is 0.0843 e. The van der Waals surface area contributed by atoms with Crippen molar-refractivity contribution in [1.82, 2.24) is 0 Å². The van der Waals surface area contributed by atoms with Crippen molar-refractivity contribution < 1.29 is 4.74 Å². The molecule has 1 saturated carbocycles. The Morgan fingerprint density at radius 2 is 1.75 bits per heavy atom. The Hall–Kier alpha value is -1.08. The van der Waals surface area contributed by atoms with Crippen LogP contribution in [-0.4, -0.2) is 11.7 Å². The van der Waals surface area contributed by atoms with Crippen LogP contribution in [-0.2, 0) is 4.74 Å². The summed E-state index contributed by atoms with van der Waals surface area (Å²) in [6.45, 7) is 4.45. The third kappa shape index (κ3) is 2.98. The van der Waals surface area contributed by atoms with Crippen LogP contribution in [0.2, 0.25) is 0 Å². The van der Waals surface area contributed by atoms with Crippen LogP contribution in [0, 0.1) is 5.92 Å². The van der Waals surface area contributed by atoms with Crippen LogP contribution in [0.5, 0.6) is 0 Å². The van der Waals surface area contributed by atoms with Crippen LogP contribution in [0.25, 0.3) is 6.08 Å². The molecule has 0 spiro atoms. The molecule has 0 aromatic heterocycles. The maximum Gasteiger partial charge on any atom is 0.0843 e. The molecular weight excluding hydrogens is 244 g/mol. The molecule has 20 heavy (non-hydrogen) atoms. The number of hydrogen-bond acceptors (Lipinski definition) is 1. The van der Waals surface area contributed by atoms with Gasteiger partial charge in [-0.15, -0.1) is 0 Å². The number of ether oxygens (including phenoxy) is 1. The summed E-state index contributed by atoms with van der Waals surface area (Å²) in [5.41, 5.74) is 2.65. The van der Waals surface area contributed by atoms with Gasteiger partial charge in [0.1, 0.15) is 0 Å². The summed E-state index contributed by atoms with van der Waals surface area (Å²) in [7, 11) is 0. The molecule has 0 amide bonds. The fourth-order valence-electron chi connectivity index (χ4n) is 3.71. The summed E-state index contributed by atoms with van der Waals surface area (Å²) in [6, 6.07) is 10.6. The van der Waals surface area contributed by atoms with Gasteiger partial charge in [0, 0.05) is 0 Å². The van der Waals surface area contributed by atoms with Gasteiger partial charge in [0.15, 0.2) is 0 Å². The topological polar surface area (TPSA) is 9.23 Å². The van der Waals surface area contributed by atoms with Gasteiger partial charge < -0.3 is 4.74 Å². The van der Waals surface area contributed by atoms with Crippen LogP contribution in [0.1, 0.15) is 57.9 Å². The highest BCUT2D eigenvalue weighted by molar-refractivity contribution is 5.55. The standard InChI is InChI=1S/C19H26O/c1-19(2)17(13-15-9-5-3-6-10-15)14-18(20-19)16-11-7-4-8-12-16/h3,5-6,9-10,13,16,18H,4,7-8,11-12,14H2,1-2H3/b17-13+. The highest BCUT2D eigenvalue weighted by atomic mass is 16.5. The Balaban J connectivity index is 1.77. The van der Waals surface area contributed by atoms with Gasteiger partial charge in [-0.2, -0.15) is 0 Å². The van der Waals surface area contributed by atoms with Gasteiger partial charge in [-0.05, 0) is 50.2 Å². The van der Waals surface area contributed by atoms with Crippen LogP contribution in [0.15, 0.2) is 35.9 Å². The summed E-state index contributed by atoms with van der Waals surface area (Å²) in [6.07, 6.45) is 10.8. The zero-order valence-electron chi connectivity index (χ0n) is 12.8. The van der Waals surface area contributed by atoms with E-state index >= 15 is 0 Å². The number of benzene rings is 1. The Morgan fingerprint density at radius 3 is 2.45 bits per heavy atom. The predicted octanol–water partition coefficient (Wildman–Crippen LogP) is 5.22. The monoisotopic (exact) mass is 270 g/mol. The molecule has 1 aromatic carbocycles. The lowest BCUT2D eigenvalue weighted by atomic mass is 9.83. The fraction of sp³-hybridized carbons (Fsp3) is 0.579. The van der Waals surface area contributed by atoms with Crippen molar-refractivity contribution >= 4 is 6.08 Å². The van der Waals surface area contributed by atoms with Gasteiger partial charge in [0.2, 0.25) is 0 Å². The molecule has 1 atom stereocenters. The quantitative estimate of drug-likeness (QED) is 0.716. The van der Waals surface area contributed by atoms with E-state index in [1.54, 1.807) is 0 Å². The Labute approximate surface area is 123 Å². The molecule has 1 aliphatic carbocycles. The fourth-order valence-corrected chi connectivity index (χ4v) is 3.71. The molecule has 1 aromatic rings. The average Bonchev–Trinajstić information content (AvgIpc) is 2.76. The lowest BCUT2D eigenvalue weighted by Crippen LogP contribution is -2.27. The number of rotatable bonds is 2. The highest BCUT2D eigenvalue weighted by Gasteiger charge is 2.40. The van der Waals surface area contributed by atoms with Crippen molar-refractivity contribution in [2.24, 2.45) is 5.92 Å². The first-order chi connectivity index (χ1) is 9.65. The zero-order chi connectivity index (χ0) is 14.0. The lowest BCUT2D eigenvalue weighted by molar-refractivity contribution is -0.0388. The molecule has 1 aliphatic heterocycles. The zero-order valence-corrected chi connectivity index (χ0v) is 12.8. The Kier molecular flexibility index (Phi) is 3.98. The molecule has 2 fully saturated rings. The van der Waals surface area contributed by atoms with Gasteiger partial charge in [-0.25, -0.2) is 0 Å². The van der Waals surface area contributed by atoms with Crippen molar-refractivity contribution in [2.75, 3.05) is 0 Å². The van der Waals surface area contributed by atoms with Gasteiger partial charge >= 0.3 is 0 Å². The van der Waals surface area contributed by atoms with E-state index in [2.05, 4.69) is 50.3 Å². The molecule has 1 nitrogen and oxygen atoms in total. The van der Waals surface area contributed by atoms with Crippen molar-refractivity contribution in [3.63, 3.8) is 0 Å². The first-order valence-corrected chi connectivity index (χ1v) is 8.09. The maximum absolute atomic E-state index is 6.40. The third-order valence-corrected chi connectivity index (χ3v) is 4.96. The first kappa shape index (κ1) is 13.9. The second kappa shape index (κ2) is 5.73. The molecule has 0 radical (unpaired) electrons. The minimum atomic E-state index is -0.0993. The average molecular weight is 270 g/mol. The molecule has 1 heteroatoms. The van der Waals surface area contributed by atoms with Crippen molar-refractivity contribution in [3.8, 4) is 0 Å². The van der Waals surface area contributed by atoms with Crippen molar-refractivity contribution in [3.05, 3.63) is 41.5 Å². The van der Waals surface area contributed by atoms with Crippen LogP contribution < -0.4 is 0 Å². The van der Waals surface area contributed by atoms with E-state index in [4.69, 9.17) is 4.74 Å². The largest absolute Gasteiger partial charge is 0.367 e. The van der Waals surface area contributed by atoms with E-state index in [0.717, 1.165) is 12.3 Å². The summed E-state index contributed by atoms with van der Waals surface area (Å²) in [5.74, 6) is 0.782. The van der Waals surface area contributed by atoms with Crippen LogP contribution in [0.3, 0.4) is 0 Å². The number of hydrogen-bond donors (Lipinski definition) is 0. The third-order valence-electron chi connectivity index (χ3n) is 4.96. The van der Waals surface area contributed by atoms with Gasteiger partial charge in [-0.1, -0.05) is 55.7 Å². The molecule has 0 N–H and O–H groups in total. The SMILES string of the molecule is CC1(C)OC(C2CCCCC2)C/C1=C\c1ccccc1. The molecule has 3 rings (SSSR count). The van der Waals surface area contributed by atoms with Crippen LogP contribution in [0.4, 0.5) is 0 Å². The predicted molar refractivity (Wildman–Crippen MR) is 84.6 cm³/mol. The van der Waals surface area contributed by atoms with E-state index in [0.29, 0.717) is 6.10 Å². The molecule has 1 saturated heterocycles. The summed E-state index contributed by atoms with van der Waals surface area (Å²) in [4.78, 5) is 0. The Bertz CT molecular complexity index is 466. The summed E-state index contributed by atoms with van der Waals surface area (Å²) in [5, 5.41) is 0. The van der Waals surface area contributed by atoms with Gasteiger partial charge in [0.05, 0.1) is 11.7 Å². The minimum absolute atomic E-state index is 0.0993. The van der Waals surface area contributed by atoms with Gasteiger partial charge in [-0.3, -0.25) is 0 Å². The summed E-state index contributed by atoms with van der Waals surface area (Å²) >= 11 is 0. The normalized spacial score (nSPS) is 28.9. The Morgan fingerprint density at radius 1 is 1.05 bits per heavy atom. The minimum Gasteiger partial charge on any atom is -0.367 e. The molecule has 1 heterocycles. The molecule has 2 aliphatic rings. The van der Waals surface area contributed by atoms with E-state index in [-0.39, 0.29) is 5.60 Å². The summed E-state index contributed by atoms with van der Waals surface area (Å²) < 4.78 is 6.40. The van der Waals surface area contributed by atoms with Crippen molar-refractivity contribution in [2.45, 2.75) is 64.1 Å². The second-order valence-corrected chi connectivity index (χ2v) is 6.85. The molecular formula is C19H26O. The van der Waals surface area contributed by atoms with E-state index in [9.17, 15) is 0 Å². The second-order valence-electron chi connectivity index (χ2n) is 6.85.